The van der Waals surface area contributed by atoms with Gasteiger partial charge in [0, 0.05) is 5.75 Å². The molecule has 132 valence electrons. The van der Waals surface area contributed by atoms with E-state index in [-0.39, 0.29) is 18.3 Å². The molecule has 2 rings (SSSR count). The van der Waals surface area contributed by atoms with Gasteiger partial charge in [0.15, 0.2) is 0 Å². The van der Waals surface area contributed by atoms with Crippen molar-refractivity contribution in [3.8, 4) is 0 Å². The Morgan fingerprint density at radius 2 is 2.04 bits per heavy atom. The summed E-state index contributed by atoms with van der Waals surface area (Å²) in [5, 5.41) is 0.119. The molecular weight excluding hydrogens is 347 g/mol. The van der Waals surface area contributed by atoms with Gasteiger partial charge in [0.2, 0.25) is 0 Å². The number of rotatable bonds is 7. The topological polar surface area (TPSA) is 83.8 Å². The van der Waals surface area contributed by atoms with Crippen molar-refractivity contribution < 1.29 is 23.9 Å². The van der Waals surface area contributed by atoms with Crippen LogP contribution in [0.25, 0.3) is 0 Å². The van der Waals surface area contributed by atoms with E-state index < -0.39 is 19.5 Å². The molecule has 24 heavy (non-hydrogen) atoms. The van der Waals surface area contributed by atoms with Gasteiger partial charge in [0.05, 0.1) is 11.2 Å². The molecule has 7 heteroatoms. The predicted octanol–water partition coefficient (Wildman–Crippen LogP) is 4.06. The molecule has 2 N–H and O–H groups in total. The third-order valence-electron chi connectivity index (χ3n) is 3.89. The number of ether oxygens (including phenoxy) is 1. The fourth-order valence-electron chi connectivity index (χ4n) is 2.52. The van der Waals surface area contributed by atoms with Crippen LogP contribution in [-0.4, -0.2) is 21.5 Å². The number of unbranched alkanes of at least 4 members (excludes halogenated alkanes) is 1. The van der Waals surface area contributed by atoms with Crippen LogP contribution >= 0.6 is 19.4 Å². The smallest absolute Gasteiger partial charge is 0.353 e. The first-order valence-corrected chi connectivity index (χ1v) is 10.6. The monoisotopic (exact) mass is 370 g/mol. The second kappa shape index (κ2) is 8.86. The first-order chi connectivity index (χ1) is 11.4. The van der Waals surface area contributed by atoms with Crippen LogP contribution < -0.4 is 0 Å². The highest BCUT2D eigenvalue weighted by molar-refractivity contribution is 8.03. The Labute approximate surface area is 146 Å². The lowest BCUT2D eigenvalue weighted by atomic mass is 10.1. The van der Waals surface area contributed by atoms with Crippen molar-refractivity contribution in [1.29, 1.82) is 0 Å². The van der Waals surface area contributed by atoms with E-state index in [4.69, 9.17) is 4.74 Å². The number of esters is 1. The average molecular weight is 370 g/mol. The summed E-state index contributed by atoms with van der Waals surface area (Å²) < 4.78 is 17.1. The van der Waals surface area contributed by atoms with Crippen LogP contribution in [0.3, 0.4) is 0 Å². The molecule has 0 saturated carbocycles. The van der Waals surface area contributed by atoms with Crippen LogP contribution in [0.15, 0.2) is 40.6 Å². The van der Waals surface area contributed by atoms with E-state index in [0.29, 0.717) is 12.2 Å². The fraction of sp³-hybridized carbons (Fsp3) is 0.471. The minimum Gasteiger partial charge on any atom is -0.461 e. The Morgan fingerprint density at radius 1 is 1.33 bits per heavy atom. The van der Waals surface area contributed by atoms with E-state index in [0.717, 1.165) is 23.3 Å². The van der Waals surface area contributed by atoms with Crippen LogP contribution in [0.5, 0.6) is 0 Å². The SMILES string of the molecule is CCCCC1=C(P(=O)(O)O)C[C@H](C(=O)OCc2ccccc2)CS1. The van der Waals surface area contributed by atoms with Crippen LogP contribution in [0, 0.1) is 5.92 Å². The molecule has 0 amide bonds. The third-order valence-corrected chi connectivity index (χ3v) is 6.56. The lowest BCUT2D eigenvalue weighted by Crippen LogP contribution is -2.23. The minimum atomic E-state index is -4.34. The van der Waals surface area contributed by atoms with Gasteiger partial charge >= 0.3 is 13.6 Å². The molecule has 0 spiro atoms. The molecule has 0 bridgehead atoms. The molecule has 0 fully saturated rings. The second-order valence-electron chi connectivity index (χ2n) is 5.82. The molecule has 1 aliphatic heterocycles. The Hall–Kier alpha value is -1.07. The number of carbonyl (C=O) groups excluding carboxylic acids is 1. The molecule has 1 atom stereocenters. The highest BCUT2D eigenvalue weighted by atomic mass is 32.2. The number of allylic oxidation sites excluding steroid dienone is 2. The molecule has 1 aromatic carbocycles. The summed E-state index contributed by atoms with van der Waals surface area (Å²) in [6.45, 7) is 2.22. The Kier molecular flexibility index (Phi) is 7.11. The van der Waals surface area contributed by atoms with Crippen LogP contribution in [-0.2, 0) is 20.7 Å². The van der Waals surface area contributed by atoms with Gasteiger partial charge in [0.25, 0.3) is 0 Å². The summed E-state index contributed by atoms with van der Waals surface area (Å²) in [4.78, 5) is 32.2. The molecule has 5 nitrogen and oxygen atoms in total. The summed E-state index contributed by atoms with van der Waals surface area (Å²) in [7, 11) is -4.34. The Morgan fingerprint density at radius 3 is 2.67 bits per heavy atom. The summed E-state index contributed by atoms with van der Waals surface area (Å²) in [5.41, 5.74) is 0.892. The maximum absolute atomic E-state index is 12.3. The number of thioether (sulfide) groups is 1. The quantitative estimate of drug-likeness (QED) is 0.556. The van der Waals surface area contributed by atoms with E-state index >= 15 is 0 Å². The van der Waals surface area contributed by atoms with E-state index in [1.54, 1.807) is 0 Å². The van der Waals surface area contributed by atoms with E-state index in [9.17, 15) is 19.1 Å². The Bertz CT molecular complexity index is 638. The van der Waals surface area contributed by atoms with Crippen molar-refractivity contribution >= 4 is 25.3 Å². The zero-order valence-electron chi connectivity index (χ0n) is 13.7. The molecule has 0 unspecified atom stereocenters. The third kappa shape index (κ3) is 5.49. The number of benzene rings is 1. The normalized spacial score (nSPS) is 18.5. The van der Waals surface area contributed by atoms with Crippen molar-refractivity contribution in [2.24, 2.45) is 5.92 Å². The van der Waals surface area contributed by atoms with Crippen molar-refractivity contribution in [2.75, 3.05) is 5.75 Å². The molecule has 0 aromatic heterocycles. The van der Waals surface area contributed by atoms with Crippen LogP contribution in [0.2, 0.25) is 0 Å². The van der Waals surface area contributed by atoms with Crippen molar-refractivity contribution in [3.05, 3.63) is 46.1 Å². The predicted molar refractivity (Wildman–Crippen MR) is 95.4 cm³/mol. The number of hydrogen-bond donors (Lipinski definition) is 2. The molecular formula is C17H23O5PS. The summed E-state index contributed by atoms with van der Waals surface area (Å²) in [6, 6.07) is 9.36. The Balaban J connectivity index is 2.01. The molecule has 0 radical (unpaired) electrons. The largest absolute Gasteiger partial charge is 0.461 e. The first-order valence-electron chi connectivity index (χ1n) is 8.03. The van der Waals surface area contributed by atoms with Gasteiger partial charge in [-0.2, -0.15) is 0 Å². The van der Waals surface area contributed by atoms with E-state index in [2.05, 4.69) is 0 Å². The highest BCUT2D eigenvalue weighted by Crippen LogP contribution is 2.55. The van der Waals surface area contributed by atoms with Crippen molar-refractivity contribution in [1.82, 2.24) is 0 Å². The van der Waals surface area contributed by atoms with Gasteiger partial charge in [-0.25, -0.2) is 0 Å². The highest BCUT2D eigenvalue weighted by Gasteiger charge is 2.35. The summed E-state index contributed by atoms with van der Waals surface area (Å²) in [5.74, 6) is -0.394. The molecule has 1 aromatic rings. The van der Waals surface area contributed by atoms with Crippen molar-refractivity contribution in [2.45, 2.75) is 39.2 Å². The number of hydrogen-bond acceptors (Lipinski definition) is 4. The van der Waals surface area contributed by atoms with Gasteiger partial charge in [-0.05, 0) is 29.7 Å². The lowest BCUT2D eigenvalue weighted by molar-refractivity contribution is -0.149. The van der Waals surface area contributed by atoms with Crippen LogP contribution in [0.1, 0.15) is 38.2 Å². The average Bonchev–Trinajstić information content (AvgIpc) is 2.57. The fourth-order valence-corrected chi connectivity index (χ4v) is 5.16. The standard InChI is InChI=1S/C17H23O5PS/c1-2-3-9-16-15(23(19,20)21)10-14(12-24-16)17(18)22-11-13-7-5-4-6-8-13/h4-8,14H,2-3,9-12H2,1H3,(H2,19,20,21)/t14-/m0/s1. The van der Waals surface area contributed by atoms with Crippen molar-refractivity contribution in [3.63, 3.8) is 0 Å². The lowest BCUT2D eigenvalue weighted by Gasteiger charge is -2.26. The van der Waals surface area contributed by atoms with Crippen LogP contribution in [0.4, 0.5) is 0 Å². The van der Waals surface area contributed by atoms with E-state index in [1.807, 2.05) is 37.3 Å². The van der Waals surface area contributed by atoms with Gasteiger partial charge in [-0.1, -0.05) is 43.7 Å². The second-order valence-corrected chi connectivity index (χ2v) is 8.57. The van der Waals surface area contributed by atoms with Gasteiger partial charge < -0.3 is 14.5 Å². The number of carbonyl (C=O) groups is 1. The summed E-state index contributed by atoms with van der Waals surface area (Å²) in [6.07, 6.45) is 2.59. The minimum absolute atomic E-state index is 0.0873. The van der Waals surface area contributed by atoms with E-state index in [1.165, 1.54) is 11.8 Å². The maximum atomic E-state index is 12.3. The van der Waals surface area contributed by atoms with Gasteiger partial charge in [-0.15, -0.1) is 11.8 Å². The molecule has 1 heterocycles. The zero-order chi connectivity index (χ0) is 17.6. The molecule has 0 aliphatic carbocycles. The van der Waals surface area contributed by atoms with Gasteiger partial charge in [-0.3, -0.25) is 9.36 Å². The maximum Gasteiger partial charge on any atom is 0.353 e. The first kappa shape index (κ1) is 19.3. The molecule has 0 saturated heterocycles. The summed E-state index contributed by atoms with van der Waals surface area (Å²) >= 11 is 1.38. The van der Waals surface area contributed by atoms with Gasteiger partial charge in [0.1, 0.15) is 6.61 Å². The zero-order valence-corrected chi connectivity index (χ0v) is 15.4. The molecule has 1 aliphatic rings.